The molecule has 4 rings (SSSR count). The third-order valence-electron chi connectivity index (χ3n) is 6.61. The van der Waals surface area contributed by atoms with Gasteiger partial charge in [-0.2, -0.15) is 0 Å². The first-order valence-corrected chi connectivity index (χ1v) is 12.3. The second kappa shape index (κ2) is 7.98. The Hall–Kier alpha value is -1.66. The van der Waals surface area contributed by atoms with Crippen molar-refractivity contribution in [1.29, 1.82) is 0 Å². The van der Waals surface area contributed by atoms with E-state index in [9.17, 15) is 24.7 Å². The Balaban J connectivity index is 1.60. The molecule has 2 fully saturated rings. The second-order valence-electron chi connectivity index (χ2n) is 8.45. The number of aromatic nitrogens is 4. The zero-order chi connectivity index (χ0) is 23.5. The number of aliphatic hydroxyl groups is 3. The molecule has 4 heterocycles. The second-order valence-corrected chi connectivity index (χ2v) is 10.5. The number of hydrogen-bond acceptors (Lipinski definition) is 9. The summed E-state index contributed by atoms with van der Waals surface area (Å²) in [6.45, 7) is 5.33. The summed E-state index contributed by atoms with van der Waals surface area (Å²) >= 11 is 0. The molecule has 6 unspecified atom stereocenters. The van der Waals surface area contributed by atoms with Crippen LogP contribution in [0.15, 0.2) is 17.4 Å². The fraction of sp³-hybridized carbons (Fsp3) is 0.737. The molecular formula is C19H30N4O8P+. The quantitative estimate of drug-likeness (QED) is 0.242. The van der Waals surface area contributed by atoms with Crippen LogP contribution in [0.25, 0.3) is 11.2 Å². The van der Waals surface area contributed by atoms with Crippen LogP contribution in [0.5, 0.6) is 0 Å². The zero-order valence-corrected chi connectivity index (χ0v) is 19.4. The highest BCUT2D eigenvalue weighted by atomic mass is 31.2. The average molecular weight is 473 g/mol. The van der Waals surface area contributed by atoms with E-state index >= 15 is 0 Å². The van der Waals surface area contributed by atoms with E-state index < -0.39 is 43.3 Å². The van der Waals surface area contributed by atoms with Crippen molar-refractivity contribution >= 4 is 18.8 Å². The number of H-pyrrole nitrogens is 1. The van der Waals surface area contributed by atoms with Gasteiger partial charge in [0.15, 0.2) is 12.7 Å². The Morgan fingerprint density at radius 3 is 2.62 bits per heavy atom. The topological polar surface area (TPSA) is 163 Å². The van der Waals surface area contributed by atoms with E-state index in [4.69, 9.17) is 13.8 Å². The summed E-state index contributed by atoms with van der Waals surface area (Å²) in [4.78, 5) is 18.9. The fourth-order valence-corrected chi connectivity index (χ4v) is 6.43. The molecule has 0 aliphatic carbocycles. The predicted octanol–water partition coefficient (Wildman–Crippen LogP) is 0.413. The maximum atomic E-state index is 12.8. The Labute approximate surface area is 184 Å². The van der Waals surface area contributed by atoms with Crippen molar-refractivity contribution in [3.05, 3.63) is 23.0 Å². The predicted molar refractivity (Wildman–Crippen MR) is 110 cm³/mol. The van der Waals surface area contributed by atoms with E-state index in [-0.39, 0.29) is 18.4 Å². The lowest BCUT2D eigenvalue weighted by Crippen LogP contribution is -2.46. The van der Waals surface area contributed by atoms with Crippen molar-refractivity contribution in [1.82, 2.24) is 14.5 Å². The lowest BCUT2D eigenvalue weighted by molar-refractivity contribution is -0.746. The number of fused-ring (bicyclic) bond motifs is 1. The van der Waals surface area contributed by atoms with Gasteiger partial charge in [0, 0.05) is 12.8 Å². The van der Waals surface area contributed by atoms with Crippen LogP contribution < -0.4 is 10.1 Å². The van der Waals surface area contributed by atoms with Gasteiger partial charge in [0.05, 0.1) is 18.8 Å². The number of rotatable bonds is 8. The van der Waals surface area contributed by atoms with Crippen LogP contribution in [0.2, 0.25) is 0 Å². The molecule has 2 aromatic rings. The molecule has 0 radical (unpaired) electrons. The largest absolute Gasteiger partial charge is 0.393 e. The van der Waals surface area contributed by atoms with Crippen LogP contribution in [-0.4, -0.2) is 59.3 Å². The van der Waals surface area contributed by atoms with Crippen molar-refractivity contribution < 1.29 is 38.2 Å². The van der Waals surface area contributed by atoms with E-state index in [0.717, 1.165) is 0 Å². The number of ether oxygens (including phenoxy) is 1. The first-order chi connectivity index (χ1) is 15.0. The Morgan fingerprint density at radius 1 is 1.34 bits per heavy atom. The highest BCUT2D eigenvalue weighted by Crippen LogP contribution is 2.80. The van der Waals surface area contributed by atoms with E-state index in [1.54, 1.807) is 24.9 Å². The number of aromatic amines is 1. The summed E-state index contributed by atoms with van der Waals surface area (Å²) in [5.74, 6) is 0. The lowest BCUT2D eigenvalue weighted by Gasteiger charge is -2.33. The van der Waals surface area contributed by atoms with E-state index in [0.29, 0.717) is 24.0 Å². The van der Waals surface area contributed by atoms with E-state index in [1.165, 1.54) is 10.9 Å². The highest BCUT2D eigenvalue weighted by molar-refractivity contribution is 7.61. The zero-order valence-electron chi connectivity index (χ0n) is 18.5. The first-order valence-electron chi connectivity index (χ1n) is 10.7. The molecular weight excluding hydrogens is 443 g/mol. The summed E-state index contributed by atoms with van der Waals surface area (Å²) in [6.07, 6.45) is -0.531. The van der Waals surface area contributed by atoms with Crippen LogP contribution >= 0.6 is 7.60 Å². The van der Waals surface area contributed by atoms with Gasteiger partial charge in [0.1, 0.15) is 12.2 Å². The Bertz CT molecular complexity index is 1110. The van der Waals surface area contributed by atoms with Gasteiger partial charge in [-0.3, -0.25) is 28.0 Å². The molecule has 0 bridgehead atoms. The van der Waals surface area contributed by atoms with Gasteiger partial charge in [-0.05, 0) is 12.8 Å². The Morgan fingerprint density at radius 2 is 2.03 bits per heavy atom. The molecule has 0 saturated carbocycles. The Kier molecular flexibility index (Phi) is 5.86. The van der Waals surface area contributed by atoms with Gasteiger partial charge in [-0.15, -0.1) is 0 Å². The van der Waals surface area contributed by atoms with Crippen molar-refractivity contribution in [2.24, 2.45) is 7.05 Å². The number of hydrogen-bond donors (Lipinski definition) is 4. The standard InChI is InChI=1S/C19H29N4O8P/c1-5-18(6-2,30-32(28)19(27,7-3)31-32)8-11-13(24)14(25)17(29-11)23-10-22(4)12-15(23)20-9-21-16(12)26/h9-11,13-14,17,24-25,27H,5-8H2,1-4H3/p+1. The maximum Gasteiger partial charge on any atom is 0.393 e. The van der Waals surface area contributed by atoms with Crippen molar-refractivity contribution in [3.63, 3.8) is 0 Å². The maximum absolute atomic E-state index is 12.8. The molecule has 2 aliphatic heterocycles. The van der Waals surface area contributed by atoms with Gasteiger partial charge in [-0.25, -0.2) is 4.57 Å². The normalized spacial score (nSPS) is 35.0. The SMILES string of the molecule is CCC(CC)(CC1OC([n+]2cn(C)c3c(=O)[nH]cnc32)C(O)C1O)OP1(=O)OC1(O)CC. The third-order valence-corrected chi connectivity index (χ3v) is 8.88. The van der Waals surface area contributed by atoms with E-state index in [1.807, 2.05) is 13.8 Å². The fourth-order valence-electron chi connectivity index (χ4n) is 4.35. The smallest absolute Gasteiger partial charge is 0.387 e. The number of nitrogens with zero attached hydrogens (tertiary/aromatic N) is 3. The molecule has 0 aromatic carbocycles. The molecule has 178 valence electrons. The van der Waals surface area contributed by atoms with E-state index in [2.05, 4.69) is 9.97 Å². The van der Waals surface area contributed by atoms with Crippen LogP contribution in [0.3, 0.4) is 0 Å². The van der Waals surface area contributed by atoms with Crippen molar-refractivity contribution in [2.45, 2.75) is 82.1 Å². The molecule has 0 spiro atoms. The highest BCUT2D eigenvalue weighted by Gasteiger charge is 2.71. The van der Waals surface area contributed by atoms with Gasteiger partial charge < -0.3 is 20.1 Å². The van der Waals surface area contributed by atoms with Gasteiger partial charge >= 0.3 is 13.2 Å². The molecule has 2 aliphatic rings. The summed E-state index contributed by atoms with van der Waals surface area (Å²) in [5, 5.41) is 31.7. The van der Waals surface area contributed by atoms with Crippen LogP contribution in [0.4, 0.5) is 0 Å². The molecule has 12 nitrogen and oxygen atoms in total. The number of nitrogens with one attached hydrogen (secondary N) is 1. The summed E-state index contributed by atoms with van der Waals surface area (Å²) in [5.41, 5.74) is -2.54. The number of aliphatic hydroxyl groups excluding tert-OH is 2. The molecule has 13 heteroatoms. The summed E-state index contributed by atoms with van der Waals surface area (Å²) < 4.78 is 32.8. The minimum Gasteiger partial charge on any atom is -0.387 e. The third kappa shape index (κ3) is 3.54. The minimum atomic E-state index is -3.69. The molecule has 32 heavy (non-hydrogen) atoms. The van der Waals surface area contributed by atoms with Gasteiger partial charge in [-0.1, -0.05) is 25.8 Å². The average Bonchev–Trinajstić information content (AvgIpc) is 2.99. The summed E-state index contributed by atoms with van der Waals surface area (Å²) in [7, 11) is -2.03. The van der Waals surface area contributed by atoms with Crippen molar-refractivity contribution in [3.8, 4) is 0 Å². The lowest BCUT2D eigenvalue weighted by atomic mass is 9.88. The monoisotopic (exact) mass is 473 g/mol. The van der Waals surface area contributed by atoms with Crippen LogP contribution in [0.1, 0.15) is 52.7 Å². The number of aryl methyl sites for hydroxylation is 1. The molecule has 6 atom stereocenters. The number of imidazole rings is 1. The molecule has 4 N–H and O–H groups in total. The van der Waals surface area contributed by atoms with Gasteiger partial charge in [0.25, 0.3) is 11.1 Å². The molecule has 2 saturated heterocycles. The summed E-state index contributed by atoms with van der Waals surface area (Å²) in [6, 6.07) is 0. The molecule has 2 aromatic heterocycles. The van der Waals surface area contributed by atoms with Crippen LogP contribution in [0, 0.1) is 0 Å². The van der Waals surface area contributed by atoms with Crippen LogP contribution in [-0.2, 0) is 25.4 Å². The molecule has 0 amide bonds. The van der Waals surface area contributed by atoms with Gasteiger partial charge in [0.2, 0.25) is 11.7 Å². The van der Waals surface area contributed by atoms with Crippen molar-refractivity contribution in [2.75, 3.05) is 0 Å². The minimum absolute atomic E-state index is 0.112. The first kappa shape index (κ1) is 23.5.